The molecule has 2 heterocycles. The van der Waals surface area contributed by atoms with E-state index in [-0.39, 0.29) is 24.0 Å². The Bertz CT molecular complexity index is 940. The zero-order chi connectivity index (χ0) is 18.6. The molecular formula is C21H21N3O3. The molecule has 2 unspecified atom stereocenters. The zero-order valence-electron chi connectivity index (χ0n) is 15.1. The van der Waals surface area contributed by atoms with Crippen LogP contribution in [0, 0.1) is 0 Å². The minimum atomic E-state index is -0.813. The third kappa shape index (κ3) is 2.72. The molecule has 0 radical (unpaired) electrons. The molecule has 2 fully saturated rings. The summed E-state index contributed by atoms with van der Waals surface area (Å²) in [7, 11) is 0. The molecule has 3 amide bonds. The maximum absolute atomic E-state index is 12.9. The van der Waals surface area contributed by atoms with E-state index in [2.05, 4.69) is 10.6 Å². The van der Waals surface area contributed by atoms with E-state index < -0.39 is 5.72 Å². The summed E-state index contributed by atoms with van der Waals surface area (Å²) >= 11 is 0. The van der Waals surface area contributed by atoms with E-state index in [1.165, 1.54) is 0 Å². The first-order valence-electron chi connectivity index (χ1n) is 9.33. The van der Waals surface area contributed by atoms with E-state index in [0.29, 0.717) is 17.7 Å². The van der Waals surface area contributed by atoms with Gasteiger partial charge in [0.05, 0.1) is 11.7 Å². The first-order chi connectivity index (χ1) is 13.0. The molecule has 2 aromatic carbocycles. The van der Waals surface area contributed by atoms with Crippen LogP contribution < -0.4 is 20.3 Å². The number of nitrogens with zero attached hydrogens (tertiary/aromatic N) is 1. The van der Waals surface area contributed by atoms with Crippen molar-refractivity contribution in [3.8, 4) is 5.75 Å². The quantitative estimate of drug-likeness (QED) is 0.879. The highest BCUT2D eigenvalue weighted by Gasteiger charge is 2.49. The van der Waals surface area contributed by atoms with Crippen molar-refractivity contribution < 1.29 is 14.3 Å². The van der Waals surface area contributed by atoms with Gasteiger partial charge in [-0.25, -0.2) is 4.79 Å². The lowest BCUT2D eigenvalue weighted by molar-refractivity contribution is 0.0378. The van der Waals surface area contributed by atoms with Gasteiger partial charge in [-0.2, -0.15) is 0 Å². The van der Waals surface area contributed by atoms with E-state index in [4.69, 9.17) is 4.74 Å². The second-order valence-electron chi connectivity index (χ2n) is 7.65. The standard InChI is InChI=1S/C21H21N3O3/c1-21-12-17(16-7-2-3-8-18(16)27-21)23-20(26)24(21)15-6-4-5-13(11-15)19(25)22-14-9-10-14/h2-8,11,14,17H,9-10,12H2,1H3,(H,22,25)(H,23,26). The van der Waals surface area contributed by atoms with Gasteiger partial charge in [0, 0.05) is 23.6 Å². The molecule has 2 atom stereocenters. The summed E-state index contributed by atoms with van der Waals surface area (Å²) in [6, 6.07) is 14.9. The smallest absolute Gasteiger partial charge is 0.325 e. The predicted molar refractivity (Wildman–Crippen MR) is 101 cm³/mol. The molecule has 6 heteroatoms. The lowest BCUT2D eigenvalue weighted by atomic mass is 9.90. The third-order valence-electron chi connectivity index (χ3n) is 5.46. The van der Waals surface area contributed by atoms with Crippen LogP contribution in [0.5, 0.6) is 5.75 Å². The van der Waals surface area contributed by atoms with Crippen LogP contribution in [-0.4, -0.2) is 23.7 Å². The molecule has 1 aliphatic carbocycles. The van der Waals surface area contributed by atoms with Crippen molar-refractivity contribution in [3.05, 3.63) is 59.7 Å². The van der Waals surface area contributed by atoms with Gasteiger partial charge < -0.3 is 15.4 Å². The maximum Gasteiger partial charge on any atom is 0.325 e. The molecule has 5 rings (SSSR count). The molecule has 0 aromatic heterocycles. The molecule has 2 bridgehead atoms. The largest absolute Gasteiger partial charge is 0.467 e. The lowest BCUT2D eigenvalue weighted by Crippen LogP contribution is -2.65. The number of hydrogen-bond acceptors (Lipinski definition) is 3. The molecule has 6 nitrogen and oxygen atoms in total. The van der Waals surface area contributed by atoms with Gasteiger partial charge in [0.15, 0.2) is 5.72 Å². The van der Waals surface area contributed by atoms with Crippen molar-refractivity contribution in [2.75, 3.05) is 4.90 Å². The van der Waals surface area contributed by atoms with Crippen LogP contribution in [0.1, 0.15) is 48.1 Å². The molecule has 3 aliphatic rings. The Labute approximate surface area is 157 Å². The van der Waals surface area contributed by atoms with Gasteiger partial charge in [-0.3, -0.25) is 9.69 Å². The normalized spacial score (nSPS) is 25.9. The number of para-hydroxylation sites is 1. The Morgan fingerprint density at radius 3 is 2.85 bits per heavy atom. The lowest BCUT2D eigenvalue weighted by Gasteiger charge is -2.50. The topological polar surface area (TPSA) is 70.7 Å². The number of benzene rings is 2. The van der Waals surface area contributed by atoms with E-state index in [9.17, 15) is 9.59 Å². The van der Waals surface area contributed by atoms with Crippen LogP contribution in [0.15, 0.2) is 48.5 Å². The number of fused-ring (bicyclic) bond motifs is 4. The number of carbonyl (C=O) groups excluding carboxylic acids is 2. The van der Waals surface area contributed by atoms with Crippen LogP contribution in [-0.2, 0) is 0 Å². The van der Waals surface area contributed by atoms with E-state index in [0.717, 1.165) is 24.2 Å². The minimum Gasteiger partial charge on any atom is -0.467 e. The van der Waals surface area contributed by atoms with Crippen molar-refractivity contribution in [2.24, 2.45) is 0 Å². The van der Waals surface area contributed by atoms with Crippen LogP contribution in [0.3, 0.4) is 0 Å². The van der Waals surface area contributed by atoms with Gasteiger partial charge in [0.25, 0.3) is 5.91 Å². The fourth-order valence-corrected chi connectivity index (χ4v) is 4.00. The Morgan fingerprint density at radius 1 is 1.22 bits per heavy atom. The van der Waals surface area contributed by atoms with Crippen molar-refractivity contribution >= 4 is 17.6 Å². The molecular weight excluding hydrogens is 342 g/mol. The van der Waals surface area contributed by atoms with Gasteiger partial charge in [-0.05, 0) is 44.0 Å². The second kappa shape index (κ2) is 5.74. The van der Waals surface area contributed by atoms with E-state index in [1.807, 2.05) is 37.3 Å². The molecule has 2 N–H and O–H groups in total. The van der Waals surface area contributed by atoms with Gasteiger partial charge >= 0.3 is 6.03 Å². The SMILES string of the molecule is CC12CC(NC(=O)N1c1cccc(C(=O)NC3CC3)c1)c1ccccc1O2. The molecule has 2 aliphatic heterocycles. The summed E-state index contributed by atoms with van der Waals surface area (Å²) in [4.78, 5) is 27.0. The number of nitrogens with one attached hydrogen (secondary N) is 2. The maximum atomic E-state index is 12.9. The highest BCUT2D eigenvalue weighted by molar-refractivity contribution is 5.99. The average Bonchev–Trinajstić information content (AvgIpc) is 3.45. The zero-order valence-corrected chi connectivity index (χ0v) is 15.1. The van der Waals surface area contributed by atoms with Gasteiger partial charge in [-0.15, -0.1) is 0 Å². The molecule has 138 valence electrons. The summed E-state index contributed by atoms with van der Waals surface area (Å²) < 4.78 is 6.27. The van der Waals surface area contributed by atoms with Crippen molar-refractivity contribution in [3.63, 3.8) is 0 Å². The van der Waals surface area contributed by atoms with Crippen LogP contribution >= 0.6 is 0 Å². The van der Waals surface area contributed by atoms with Crippen molar-refractivity contribution in [1.82, 2.24) is 10.6 Å². The predicted octanol–water partition coefficient (Wildman–Crippen LogP) is 3.35. The summed E-state index contributed by atoms with van der Waals surface area (Å²) in [5.74, 6) is 0.679. The number of amides is 3. The van der Waals surface area contributed by atoms with Crippen molar-refractivity contribution in [1.29, 1.82) is 0 Å². The van der Waals surface area contributed by atoms with E-state index in [1.54, 1.807) is 23.1 Å². The van der Waals surface area contributed by atoms with Gasteiger partial charge in [0.2, 0.25) is 0 Å². The van der Waals surface area contributed by atoms with Gasteiger partial charge in [0.1, 0.15) is 5.75 Å². The van der Waals surface area contributed by atoms with Crippen LogP contribution in [0.25, 0.3) is 0 Å². The Balaban J connectivity index is 1.50. The first-order valence-corrected chi connectivity index (χ1v) is 9.33. The third-order valence-corrected chi connectivity index (χ3v) is 5.46. The molecule has 0 spiro atoms. The molecule has 1 saturated carbocycles. The number of hydrogen-bond donors (Lipinski definition) is 2. The monoisotopic (exact) mass is 363 g/mol. The minimum absolute atomic E-state index is 0.0787. The number of urea groups is 1. The van der Waals surface area contributed by atoms with E-state index >= 15 is 0 Å². The van der Waals surface area contributed by atoms with Gasteiger partial charge in [-0.1, -0.05) is 24.3 Å². The summed E-state index contributed by atoms with van der Waals surface area (Å²) in [6.45, 7) is 1.92. The molecule has 2 aromatic rings. The highest BCUT2D eigenvalue weighted by atomic mass is 16.5. The Kier molecular flexibility index (Phi) is 3.44. The summed E-state index contributed by atoms with van der Waals surface area (Å²) in [5.41, 5.74) is 1.39. The number of ether oxygens (including phenoxy) is 1. The second-order valence-corrected chi connectivity index (χ2v) is 7.65. The first kappa shape index (κ1) is 16.2. The fourth-order valence-electron chi connectivity index (χ4n) is 4.00. The Morgan fingerprint density at radius 2 is 2.04 bits per heavy atom. The highest BCUT2D eigenvalue weighted by Crippen LogP contribution is 2.45. The van der Waals surface area contributed by atoms with Crippen LogP contribution in [0.2, 0.25) is 0 Å². The molecule has 27 heavy (non-hydrogen) atoms. The number of anilines is 1. The fraction of sp³-hybridized carbons (Fsp3) is 0.333. The van der Waals surface area contributed by atoms with Crippen molar-refractivity contribution in [2.45, 2.75) is 44.0 Å². The molecule has 1 saturated heterocycles. The average molecular weight is 363 g/mol. The number of carbonyl (C=O) groups is 2. The summed E-state index contributed by atoms with van der Waals surface area (Å²) in [5, 5.41) is 6.06. The summed E-state index contributed by atoms with van der Waals surface area (Å²) in [6.07, 6.45) is 2.70. The van der Waals surface area contributed by atoms with Crippen LogP contribution in [0.4, 0.5) is 10.5 Å². The Hall–Kier alpha value is -3.02. The number of rotatable bonds is 3.